The van der Waals surface area contributed by atoms with Crippen molar-refractivity contribution in [1.29, 1.82) is 0 Å². The Morgan fingerprint density at radius 2 is 2.06 bits per heavy atom. The van der Waals surface area contributed by atoms with Crippen LogP contribution in [0.5, 0.6) is 0 Å². The number of benzene rings is 1. The predicted molar refractivity (Wildman–Crippen MR) is 73.7 cm³/mol. The second-order valence-corrected chi connectivity index (χ2v) is 5.92. The summed E-state index contributed by atoms with van der Waals surface area (Å²) < 4.78 is 0.862. The normalized spacial score (nSPS) is 17.2. The Kier molecular flexibility index (Phi) is 4.10. The van der Waals surface area contributed by atoms with Gasteiger partial charge in [-0.05, 0) is 47.8 Å². The summed E-state index contributed by atoms with van der Waals surface area (Å²) in [5.74, 6) is 0.101. The van der Waals surface area contributed by atoms with Gasteiger partial charge in [0, 0.05) is 22.9 Å². The van der Waals surface area contributed by atoms with Crippen LogP contribution in [0.15, 0.2) is 22.7 Å². The van der Waals surface area contributed by atoms with Gasteiger partial charge in [0.1, 0.15) is 0 Å². The molecule has 0 aromatic heterocycles. The predicted octanol–water partition coefficient (Wildman–Crippen LogP) is 3.60. The Balaban J connectivity index is 2.16. The highest BCUT2D eigenvalue weighted by atomic mass is 79.9. The number of nitrogens with zero attached hydrogens (tertiary/aromatic N) is 1. The molecule has 0 saturated carbocycles. The van der Waals surface area contributed by atoms with Crippen molar-refractivity contribution in [3.63, 3.8) is 0 Å². The quantitative estimate of drug-likeness (QED) is 0.725. The van der Waals surface area contributed by atoms with Crippen molar-refractivity contribution in [1.82, 2.24) is 4.90 Å². The van der Waals surface area contributed by atoms with Crippen LogP contribution in [0.25, 0.3) is 0 Å². The van der Waals surface area contributed by atoms with E-state index in [2.05, 4.69) is 15.9 Å². The fourth-order valence-electron chi connectivity index (χ4n) is 2.02. The summed E-state index contributed by atoms with van der Waals surface area (Å²) in [6.07, 6.45) is 1.77. The zero-order chi connectivity index (χ0) is 12.4. The highest BCUT2D eigenvalue weighted by Crippen LogP contribution is 2.23. The van der Waals surface area contributed by atoms with Crippen LogP contribution in [0.4, 0.5) is 0 Å². The van der Waals surface area contributed by atoms with E-state index in [0.717, 1.165) is 41.5 Å². The molecule has 4 heteroatoms. The molecular weight excluding hydrogens is 302 g/mol. The summed E-state index contributed by atoms with van der Waals surface area (Å²) in [5.41, 5.74) is 1.85. The van der Waals surface area contributed by atoms with E-state index >= 15 is 0 Å². The van der Waals surface area contributed by atoms with Crippen LogP contribution in [-0.4, -0.2) is 29.3 Å². The first-order chi connectivity index (χ1) is 8.08. The minimum Gasteiger partial charge on any atom is -0.339 e. The lowest BCUT2D eigenvalue weighted by Crippen LogP contribution is -2.38. The SMILES string of the molecule is Cc1ccc(Br)c(C(=O)N2CCC(Cl)CC2)c1. The van der Waals surface area contributed by atoms with Crippen LogP contribution >= 0.6 is 27.5 Å². The van der Waals surface area contributed by atoms with Crippen LogP contribution in [0.1, 0.15) is 28.8 Å². The third-order valence-electron chi connectivity index (χ3n) is 3.06. The smallest absolute Gasteiger partial charge is 0.255 e. The summed E-state index contributed by atoms with van der Waals surface area (Å²) in [6, 6.07) is 5.85. The highest BCUT2D eigenvalue weighted by molar-refractivity contribution is 9.10. The first-order valence-corrected chi connectivity index (χ1v) is 7.00. The number of hydrogen-bond donors (Lipinski definition) is 0. The number of piperidine rings is 1. The lowest BCUT2D eigenvalue weighted by Gasteiger charge is -2.29. The van der Waals surface area contributed by atoms with Gasteiger partial charge in [-0.25, -0.2) is 0 Å². The van der Waals surface area contributed by atoms with Crippen molar-refractivity contribution >= 4 is 33.4 Å². The van der Waals surface area contributed by atoms with Gasteiger partial charge >= 0.3 is 0 Å². The molecule has 1 aromatic carbocycles. The highest BCUT2D eigenvalue weighted by Gasteiger charge is 2.23. The Hall–Kier alpha value is -0.540. The Morgan fingerprint density at radius 3 is 2.71 bits per heavy atom. The molecule has 0 aliphatic carbocycles. The minimum absolute atomic E-state index is 0.101. The van der Waals surface area contributed by atoms with Gasteiger partial charge in [-0.2, -0.15) is 0 Å². The van der Waals surface area contributed by atoms with Crippen molar-refractivity contribution in [3.8, 4) is 0 Å². The molecule has 1 aliphatic heterocycles. The molecule has 2 rings (SSSR count). The van der Waals surface area contributed by atoms with Gasteiger partial charge in [-0.15, -0.1) is 11.6 Å². The van der Waals surface area contributed by atoms with Crippen LogP contribution in [0, 0.1) is 6.92 Å². The van der Waals surface area contributed by atoms with E-state index in [1.54, 1.807) is 0 Å². The fraction of sp³-hybridized carbons (Fsp3) is 0.462. The molecule has 2 nitrogen and oxygen atoms in total. The van der Waals surface area contributed by atoms with Crippen molar-refractivity contribution in [2.45, 2.75) is 25.1 Å². The number of hydrogen-bond acceptors (Lipinski definition) is 1. The van der Waals surface area contributed by atoms with Gasteiger partial charge in [0.25, 0.3) is 5.91 Å². The Morgan fingerprint density at radius 1 is 1.41 bits per heavy atom. The molecule has 1 aliphatic rings. The molecular formula is C13H15BrClNO. The maximum Gasteiger partial charge on any atom is 0.255 e. The van der Waals surface area contributed by atoms with E-state index in [0.29, 0.717) is 0 Å². The number of alkyl halides is 1. The fourth-order valence-corrected chi connectivity index (χ4v) is 2.64. The molecule has 1 amide bonds. The lowest BCUT2D eigenvalue weighted by atomic mass is 10.1. The van der Waals surface area contributed by atoms with Crippen LogP contribution < -0.4 is 0 Å². The molecule has 0 spiro atoms. The zero-order valence-corrected chi connectivity index (χ0v) is 12.1. The largest absolute Gasteiger partial charge is 0.339 e. The third kappa shape index (κ3) is 3.02. The molecule has 1 heterocycles. The van der Waals surface area contributed by atoms with Crippen molar-refractivity contribution < 1.29 is 4.79 Å². The Labute approximate surface area is 115 Å². The van der Waals surface area contributed by atoms with Crippen molar-refractivity contribution in [2.75, 3.05) is 13.1 Å². The molecule has 1 aromatic rings. The van der Waals surface area contributed by atoms with Crippen LogP contribution in [0.3, 0.4) is 0 Å². The molecule has 17 heavy (non-hydrogen) atoms. The molecule has 1 fully saturated rings. The zero-order valence-electron chi connectivity index (χ0n) is 9.75. The van der Waals surface area contributed by atoms with Gasteiger partial charge in [-0.1, -0.05) is 11.6 Å². The maximum atomic E-state index is 12.3. The minimum atomic E-state index is 0.101. The third-order valence-corrected chi connectivity index (χ3v) is 4.19. The molecule has 0 bridgehead atoms. The molecule has 1 saturated heterocycles. The van der Waals surface area contributed by atoms with E-state index in [1.165, 1.54) is 0 Å². The number of halogens is 2. The summed E-state index contributed by atoms with van der Waals surface area (Å²) >= 11 is 9.48. The molecule has 0 N–H and O–H groups in total. The van der Waals surface area contributed by atoms with Gasteiger partial charge in [0.05, 0.1) is 5.56 Å². The van der Waals surface area contributed by atoms with Crippen LogP contribution in [-0.2, 0) is 0 Å². The van der Waals surface area contributed by atoms with Gasteiger partial charge < -0.3 is 4.90 Å². The average molecular weight is 317 g/mol. The van der Waals surface area contributed by atoms with E-state index in [9.17, 15) is 4.79 Å². The average Bonchev–Trinajstić information content (AvgIpc) is 2.32. The summed E-state index contributed by atoms with van der Waals surface area (Å²) in [6.45, 7) is 3.51. The first-order valence-electron chi connectivity index (χ1n) is 5.77. The van der Waals surface area contributed by atoms with Crippen LogP contribution in [0.2, 0.25) is 0 Å². The molecule has 0 radical (unpaired) electrons. The topological polar surface area (TPSA) is 20.3 Å². The summed E-state index contributed by atoms with van der Waals surface area (Å²) in [4.78, 5) is 14.2. The number of amides is 1. The molecule has 0 atom stereocenters. The number of carbonyl (C=O) groups is 1. The monoisotopic (exact) mass is 315 g/mol. The lowest BCUT2D eigenvalue weighted by molar-refractivity contribution is 0.0725. The maximum absolute atomic E-state index is 12.3. The first kappa shape index (κ1) is 12.9. The van der Waals surface area contributed by atoms with Crippen molar-refractivity contribution in [3.05, 3.63) is 33.8 Å². The summed E-state index contributed by atoms with van der Waals surface area (Å²) in [7, 11) is 0. The second-order valence-electron chi connectivity index (χ2n) is 4.45. The number of likely N-dealkylation sites (tertiary alicyclic amines) is 1. The molecule has 0 unspecified atom stereocenters. The van der Waals surface area contributed by atoms with Gasteiger partial charge in [-0.3, -0.25) is 4.79 Å². The van der Waals surface area contributed by atoms with Gasteiger partial charge in [0.2, 0.25) is 0 Å². The molecule has 92 valence electrons. The van der Waals surface area contributed by atoms with E-state index < -0.39 is 0 Å². The van der Waals surface area contributed by atoms with E-state index in [4.69, 9.17) is 11.6 Å². The number of carbonyl (C=O) groups excluding carboxylic acids is 1. The number of aryl methyl sites for hydroxylation is 1. The standard InChI is InChI=1S/C13H15BrClNO/c1-9-2-3-12(14)11(8-9)13(17)16-6-4-10(15)5-7-16/h2-3,8,10H,4-7H2,1H3. The van der Waals surface area contributed by atoms with E-state index in [1.807, 2.05) is 30.0 Å². The van der Waals surface area contributed by atoms with Gasteiger partial charge in [0.15, 0.2) is 0 Å². The van der Waals surface area contributed by atoms with E-state index in [-0.39, 0.29) is 11.3 Å². The summed E-state index contributed by atoms with van der Waals surface area (Å²) in [5, 5.41) is 0.222. The Bertz CT molecular complexity index is 427. The number of rotatable bonds is 1. The van der Waals surface area contributed by atoms with Crippen molar-refractivity contribution in [2.24, 2.45) is 0 Å². The second kappa shape index (κ2) is 5.40.